The summed E-state index contributed by atoms with van der Waals surface area (Å²) in [5.41, 5.74) is 0.399. The lowest BCUT2D eigenvalue weighted by Crippen LogP contribution is -2.53. The number of benzene rings is 1. The number of piperazine rings is 1. The van der Waals surface area contributed by atoms with Crippen LogP contribution in [-0.2, 0) is 14.8 Å². The zero-order valence-corrected chi connectivity index (χ0v) is 20.6. The number of sulfonamides is 1. The minimum atomic E-state index is -3.55. The van der Waals surface area contributed by atoms with Gasteiger partial charge in [-0.05, 0) is 49.3 Å². The maximum Gasteiger partial charge on any atom is 0.253 e. The molecule has 0 aromatic heterocycles. The maximum absolute atomic E-state index is 13.1. The Balaban J connectivity index is 1.33. The Labute approximate surface area is 197 Å². The molecule has 3 aliphatic heterocycles. The lowest BCUT2D eigenvalue weighted by atomic mass is 9.92. The second-order valence-electron chi connectivity index (χ2n) is 9.95. The van der Waals surface area contributed by atoms with Gasteiger partial charge in [-0.15, -0.1) is 0 Å². The smallest absolute Gasteiger partial charge is 0.253 e. The normalized spacial score (nSPS) is 25.4. The molecule has 4 rings (SSSR count). The first-order valence-electron chi connectivity index (χ1n) is 12.1. The number of hydrogen-bond donors (Lipinski definition) is 0. The van der Waals surface area contributed by atoms with Gasteiger partial charge in [0.15, 0.2) is 0 Å². The van der Waals surface area contributed by atoms with Crippen LogP contribution in [-0.4, -0.2) is 98.1 Å². The van der Waals surface area contributed by atoms with Crippen molar-refractivity contribution in [2.24, 2.45) is 11.8 Å². The first-order valence-corrected chi connectivity index (χ1v) is 13.6. The lowest BCUT2D eigenvalue weighted by molar-refractivity contribution is -0.135. The average molecular weight is 477 g/mol. The first-order chi connectivity index (χ1) is 15.7. The Morgan fingerprint density at radius 3 is 2.18 bits per heavy atom. The molecule has 3 aliphatic rings. The van der Waals surface area contributed by atoms with Crippen molar-refractivity contribution in [1.82, 2.24) is 19.0 Å². The number of rotatable bonds is 5. The van der Waals surface area contributed by atoms with Gasteiger partial charge in [0.05, 0.1) is 11.4 Å². The van der Waals surface area contributed by atoms with Crippen molar-refractivity contribution in [3.05, 3.63) is 29.8 Å². The largest absolute Gasteiger partial charge is 0.341 e. The van der Waals surface area contributed by atoms with E-state index in [2.05, 4.69) is 18.7 Å². The predicted molar refractivity (Wildman–Crippen MR) is 126 cm³/mol. The molecular weight excluding hydrogens is 440 g/mol. The quantitative estimate of drug-likeness (QED) is 0.647. The topological polar surface area (TPSA) is 81.2 Å². The van der Waals surface area contributed by atoms with E-state index in [4.69, 9.17) is 0 Å². The Morgan fingerprint density at radius 1 is 0.909 bits per heavy atom. The van der Waals surface area contributed by atoms with Crippen LogP contribution in [0.3, 0.4) is 0 Å². The van der Waals surface area contributed by atoms with Gasteiger partial charge in [-0.25, -0.2) is 8.42 Å². The van der Waals surface area contributed by atoms with Crippen LogP contribution in [0.15, 0.2) is 29.2 Å². The molecule has 2 unspecified atom stereocenters. The van der Waals surface area contributed by atoms with Gasteiger partial charge >= 0.3 is 0 Å². The van der Waals surface area contributed by atoms with Crippen LogP contribution in [0.4, 0.5) is 0 Å². The summed E-state index contributed by atoms with van der Waals surface area (Å²) in [7, 11) is -3.55. The van der Waals surface area contributed by atoms with Crippen molar-refractivity contribution >= 4 is 21.8 Å². The molecule has 1 aromatic carbocycles. The predicted octanol–water partition coefficient (Wildman–Crippen LogP) is 1.73. The number of carbonyl (C=O) groups is 2. The molecule has 3 heterocycles. The number of likely N-dealkylation sites (tertiary alicyclic amines) is 1. The van der Waals surface area contributed by atoms with E-state index in [0.29, 0.717) is 63.2 Å². The van der Waals surface area contributed by atoms with Crippen molar-refractivity contribution < 1.29 is 18.0 Å². The van der Waals surface area contributed by atoms with Crippen molar-refractivity contribution in [2.45, 2.75) is 38.0 Å². The van der Waals surface area contributed by atoms with Crippen molar-refractivity contribution in [1.29, 1.82) is 0 Å². The molecule has 2 atom stereocenters. The number of hydrogen-bond acceptors (Lipinski definition) is 5. The van der Waals surface area contributed by atoms with Gasteiger partial charge < -0.3 is 9.80 Å². The van der Waals surface area contributed by atoms with Crippen LogP contribution in [0, 0.1) is 11.8 Å². The number of carbonyl (C=O) groups excluding carboxylic acids is 2. The van der Waals surface area contributed by atoms with Crippen LogP contribution in [0.5, 0.6) is 0 Å². The van der Waals surface area contributed by atoms with Crippen molar-refractivity contribution in [3.63, 3.8) is 0 Å². The molecule has 0 radical (unpaired) electrons. The summed E-state index contributed by atoms with van der Waals surface area (Å²) in [4.78, 5) is 31.9. The molecule has 8 nitrogen and oxygen atoms in total. The van der Waals surface area contributed by atoms with Crippen LogP contribution in [0.1, 0.15) is 43.5 Å². The molecule has 0 bridgehead atoms. The van der Waals surface area contributed by atoms with Crippen LogP contribution in [0.2, 0.25) is 0 Å². The fourth-order valence-corrected chi connectivity index (χ4v) is 6.88. The summed E-state index contributed by atoms with van der Waals surface area (Å²) in [6.07, 6.45) is 2.92. The third-order valence-electron chi connectivity index (χ3n) is 7.02. The molecule has 3 saturated heterocycles. The third-order valence-corrected chi connectivity index (χ3v) is 8.92. The summed E-state index contributed by atoms with van der Waals surface area (Å²) in [6, 6.07) is 6.40. The summed E-state index contributed by atoms with van der Waals surface area (Å²) in [5.74, 6) is 1.10. The van der Waals surface area contributed by atoms with E-state index in [9.17, 15) is 18.0 Å². The molecule has 2 amide bonds. The second kappa shape index (κ2) is 10.1. The Morgan fingerprint density at radius 2 is 1.55 bits per heavy atom. The summed E-state index contributed by atoms with van der Waals surface area (Å²) in [6.45, 7) is 9.88. The fraction of sp³-hybridized carbons (Fsp3) is 0.667. The fourth-order valence-electron chi connectivity index (χ4n) is 5.32. The Bertz CT molecular complexity index is 958. The first kappa shape index (κ1) is 24.2. The second-order valence-corrected chi connectivity index (χ2v) is 11.9. The van der Waals surface area contributed by atoms with Gasteiger partial charge in [-0.1, -0.05) is 19.9 Å². The van der Waals surface area contributed by atoms with E-state index < -0.39 is 10.0 Å². The van der Waals surface area contributed by atoms with E-state index in [0.717, 1.165) is 25.9 Å². The van der Waals surface area contributed by atoms with Gasteiger partial charge in [0.1, 0.15) is 0 Å². The van der Waals surface area contributed by atoms with Crippen molar-refractivity contribution in [2.75, 3.05) is 58.9 Å². The zero-order chi connectivity index (χ0) is 23.6. The minimum absolute atomic E-state index is 0.155. The molecule has 0 aliphatic carbocycles. The van der Waals surface area contributed by atoms with E-state index >= 15 is 0 Å². The molecule has 3 fully saturated rings. The van der Waals surface area contributed by atoms with Crippen molar-refractivity contribution in [3.8, 4) is 0 Å². The number of nitrogens with zero attached hydrogens (tertiary/aromatic N) is 4. The molecule has 9 heteroatoms. The maximum atomic E-state index is 13.1. The van der Waals surface area contributed by atoms with Gasteiger partial charge in [-0.3, -0.25) is 14.5 Å². The summed E-state index contributed by atoms with van der Waals surface area (Å²) >= 11 is 0. The molecule has 182 valence electrons. The number of amides is 2. The van der Waals surface area contributed by atoms with E-state index in [-0.39, 0.29) is 16.7 Å². The highest BCUT2D eigenvalue weighted by Crippen LogP contribution is 2.23. The molecule has 0 saturated carbocycles. The van der Waals surface area contributed by atoms with Crippen LogP contribution < -0.4 is 0 Å². The van der Waals surface area contributed by atoms with Gasteiger partial charge in [-0.2, -0.15) is 4.31 Å². The molecule has 0 spiro atoms. The SMILES string of the molecule is CC1CC(C)CN(C(=O)CN2CCN(C(=O)c3cccc(S(=O)(=O)N4CCCC4)c3)CC2)C1. The molecule has 33 heavy (non-hydrogen) atoms. The van der Waals surface area contributed by atoms with Crippen LogP contribution in [0.25, 0.3) is 0 Å². The summed E-state index contributed by atoms with van der Waals surface area (Å²) < 4.78 is 27.2. The standard InChI is InChI=1S/C24H36N4O4S/c1-19-14-20(2)17-27(16-19)23(29)18-25-10-12-26(13-11-25)24(30)21-6-5-7-22(15-21)33(31,32)28-8-3-4-9-28/h5-7,15,19-20H,3-4,8-14,16-18H2,1-2H3. The molecule has 0 N–H and O–H groups in total. The minimum Gasteiger partial charge on any atom is -0.341 e. The number of piperidine rings is 1. The van der Waals surface area contributed by atoms with E-state index in [1.165, 1.54) is 16.8 Å². The Kier molecular flexibility index (Phi) is 7.40. The third kappa shape index (κ3) is 5.58. The Hall–Kier alpha value is -1.97. The zero-order valence-electron chi connectivity index (χ0n) is 19.8. The monoisotopic (exact) mass is 476 g/mol. The van der Waals surface area contributed by atoms with E-state index in [1.807, 2.05) is 4.90 Å². The highest BCUT2D eigenvalue weighted by molar-refractivity contribution is 7.89. The van der Waals surface area contributed by atoms with Gasteiger partial charge in [0.2, 0.25) is 15.9 Å². The van der Waals surface area contributed by atoms with E-state index in [1.54, 1.807) is 23.1 Å². The molecular formula is C24H36N4O4S. The lowest BCUT2D eigenvalue weighted by Gasteiger charge is -2.38. The molecule has 1 aromatic rings. The van der Waals surface area contributed by atoms with Gasteiger partial charge in [0, 0.05) is 57.9 Å². The highest BCUT2D eigenvalue weighted by Gasteiger charge is 2.30. The summed E-state index contributed by atoms with van der Waals surface area (Å²) in [5, 5.41) is 0. The van der Waals surface area contributed by atoms with Crippen LogP contribution >= 0.6 is 0 Å². The highest BCUT2D eigenvalue weighted by atomic mass is 32.2. The van der Waals surface area contributed by atoms with Gasteiger partial charge in [0.25, 0.3) is 5.91 Å². The average Bonchev–Trinajstić information content (AvgIpc) is 3.34.